The second-order valence-corrected chi connectivity index (χ2v) is 5.58. The van der Waals surface area contributed by atoms with Crippen LogP contribution >= 0.6 is 0 Å². The first-order valence-corrected chi connectivity index (χ1v) is 7.24. The van der Waals surface area contributed by atoms with Gasteiger partial charge in [0.25, 0.3) is 0 Å². The van der Waals surface area contributed by atoms with Crippen LogP contribution in [0.2, 0.25) is 0 Å². The lowest BCUT2D eigenvalue weighted by molar-refractivity contribution is 0.219. The summed E-state index contributed by atoms with van der Waals surface area (Å²) in [7, 11) is 0. The molecule has 0 bridgehead atoms. The third-order valence-corrected chi connectivity index (χ3v) is 3.73. The molecule has 1 atom stereocenters. The Morgan fingerprint density at radius 1 is 1.39 bits per heavy atom. The summed E-state index contributed by atoms with van der Waals surface area (Å²) in [5, 5.41) is 3.38. The van der Waals surface area contributed by atoms with E-state index in [4.69, 9.17) is 4.42 Å². The smallest absolute Gasteiger partial charge is 0.118 e. The first-order chi connectivity index (χ1) is 8.69. The fourth-order valence-electron chi connectivity index (χ4n) is 2.67. The van der Waals surface area contributed by atoms with Crippen LogP contribution in [0.4, 0.5) is 0 Å². The highest BCUT2D eigenvalue weighted by Crippen LogP contribution is 2.22. The molecule has 18 heavy (non-hydrogen) atoms. The number of nitrogens with zero attached hydrogens (tertiary/aromatic N) is 1. The highest BCUT2D eigenvalue weighted by Gasteiger charge is 2.23. The Balaban J connectivity index is 1.86. The molecule has 0 saturated carbocycles. The van der Waals surface area contributed by atoms with Crippen molar-refractivity contribution in [1.82, 2.24) is 10.2 Å². The summed E-state index contributed by atoms with van der Waals surface area (Å²) in [5.74, 6) is 2.15. The summed E-state index contributed by atoms with van der Waals surface area (Å²) >= 11 is 0. The lowest BCUT2D eigenvalue weighted by Gasteiger charge is -2.21. The average Bonchev–Trinajstić information content (AvgIpc) is 2.96. The lowest BCUT2D eigenvalue weighted by atomic mass is 10.2. The lowest BCUT2D eigenvalue weighted by Crippen LogP contribution is -2.27. The van der Waals surface area contributed by atoms with E-state index in [1.165, 1.54) is 25.8 Å². The second kappa shape index (κ2) is 6.39. The fraction of sp³-hybridized carbons (Fsp3) is 0.733. The van der Waals surface area contributed by atoms with E-state index in [0.717, 1.165) is 30.7 Å². The Kier molecular flexibility index (Phi) is 4.84. The summed E-state index contributed by atoms with van der Waals surface area (Å²) in [5.41, 5.74) is 0. The minimum absolute atomic E-state index is 0.501. The molecule has 0 spiro atoms. The first kappa shape index (κ1) is 13.6. The van der Waals surface area contributed by atoms with Gasteiger partial charge < -0.3 is 9.73 Å². The van der Waals surface area contributed by atoms with E-state index in [0.29, 0.717) is 6.04 Å². The van der Waals surface area contributed by atoms with Crippen molar-refractivity contribution in [2.24, 2.45) is 0 Å². The standard InChI is InChI=1S/C15H26N2O/c1-4-13-6-5-9-17(13)11-15-8-7-14(18-15)10-16-12(2)3/h7-8,12-13,16H,4-6,9-11H2,1-3H3. The number of rotatable bonds is 6. The van der Waals surface area contributed by atoms with Crippen molar-refractivity contribution in [3.63, 3.8) is 0 Å². The third kappa shape index (κ3) is 3.59. The molecule has 3 heteroatoms. The first-order valence-electron chi connectivity index (χ1n) is 7.24. The molecule has 1 aliphatic rings. The maximum Gasteiger partial charge on any atom is 0.118 e. The van der Waals surface area contributed by atoms with Crippen LogP contribution < -0.4 is 5.32 Å². The van der Waals surface area contributed by atoms with Crippen LogP contribution in [0.5, 0.6) is 0 Å². The number of hydrogen-bond donors (Lipinski definition) is 1. The van der Waals surface area contributed by atoms with Gasteiger partial charge in [0.2, 0.25) is 0 Å². The average molecular weight is 250 g/mol. The van der Waals surface area contributed by atoms with Gasteiger partial charge in [-0.15, -0.1) is 0 Å². The van der Waals surface area contributed by atoms with Crippen molar-refractivity contribution in [2.75, 3.05) is 6.54 Å². The molecule has 1 unspecified atom stereocenters. The van der Waals surface area contributed by atoms with E-state index in [-0.39, 0.29) is 0 Å². The molecule has 1 fully saturated rings. The summed E-state index contributed by atoms with van der Waals surface area (Å²) in [6.45, 7) is 9.61. The molecular weight excluding hydrogens is 224 g/mol. The predicted octanol–water partition coefficient (Wildman–Crippen LogP) is 3.15. The molecule has 0 aliphatic carbocycles. The molecule has 2 rings (SSSR count). The van der Waals surface area contributed by atoms with Crippen molar-refractivity contribution < 1.29 is 4.42 Å². The Hall–Kier alpha value is -0.800. The zero-order valence-electron chi connectivity index (χ0n) is 11.9. The Morgan fingerprint density at radius 3 is 2.89 bits per heavy atom. The number of furan rings is 1. The molecule has 102 valence electrons. The Morgan fingerprint density at radius 2 is 2.17 bits per heavy atom. The van der Waals surface area contributed by atoms with E-state index in [2.05, 4.69) is 43.1 Å². The highest BCUT2D eigenvalue weighted by molar-refractivity contribution is 5.07. The summed E-state index contributed by atoms with van der Waals surface area (Å²) in [4.78, 5) is 2.55. The maximum absolute atomic E-state index is 5.88. The highest BCUT2D eigenvalue weighted by atomic mass is 16.3. The van der Waals surface area contributed by atoms with Gasteiger partial charge in [-0.1, -0.05) is 20.8 Å². The minimum atomic E-state index is 0.501. The molecular formula is C15H26N2O. The quantitative estimate of drug-likeness (QED) is 0.840. The number of hydrogen-bond acceptors (Lipinski definition) is 3. The van der Waals surface area contributed by atoms with E-state index in [9.17, 15) is 0 Å². The van der Waals surface area contributed by atoms with Crippen molar-refractivity contribution in [3.05, 3.63) is 23.7 Å². The zero-order chi connectivity index (χ0) is 13.0. The normalized spacial score (nSPS) is 21.0. The molecule has 1 aromatic rings. The maximum atomic E-state index is 5.88. The van der Waals surface area contributed by atoms with Crippen LogP contribution in [-0.4, -0.2) is 23.5 Å². The topological polar surface area (TPSA) is 28.4 Å². The van der Waals surface area contributed by atoms with Crippen LogP contribution in [-0.2, 0) is 13.1 Å². The predicted molar refractivity (Wildman–Crippen MR) is 74.4 cm³/mol. The number of nitrogens with one attached hydrogen (secondary N) is 1. The molecule has 1 N–H and O–H groups in total. The van der Waals surface area contributed by atoms with Gasteiger partial charge in [-0.25, -0.2) is 0 Å². The molecule has 0 amide bonds. The summed E-state index contributed by atoms with van der Waals surface area (Å²) in [6.07, 6.45) is 3.93. The zero-order valence-corrected chi connectivity index (χ0v) is 11.9. The van der Waals surface area contributed by atoms with Crippen LogP contribution in [0, 0.1) is 0 Å². The third-order valence-electron chi connectivity index (χ3n) is 3.73. The molecule has 1 aromatic heterocycles. The van der Waals surface area contributed by atoms with Gasteiger partial charge in [0.1, 0.15) is 11.5 Å². The van der Waals surface area contributed by atoms with E-state index in [1.807, 2.05) is 0 Å². The molecule has 0 aromatic carbocycles. The van der Waals surface area contributed by atoms with Crippen LogP contribution in [0.1, 0.15) is 51.6 Å². The molecule has 3 nitrogen and oxygen atoms in total. The van der Waals surface area contributed by atoms with Gasteiger partial charge in [-0.05, 0) is 37.9 Å². The van der Waals surface area contributed by atoms with Crippen LogP contribution in [0.3, 0.4) is 0 Å². The van der Waals surface area contributed by atoms with Crippen LogP contribution in [0.25, 0.3) is 0 Å². The fourth-order valence-corrected chi connectivity index (χ4v) is 2.67. The monoisotopic (exact) mass is 250 g/mol. The molecule has 0 radical (unpaired) electrons. The largest absolute Gasteiger partial charge is 0.463 e. The van der Waals surface area contributed by atoms with Crippen molar-refractivity contribution in [1.29, 1.82) is 0 Å². The minimum Gasteiger partial charge on any atom is -0.463 e. The van der Waals surface area contributed by atoms with Gasteiger partial charge in [0, 0.05) is 12.1 Å². The molecule has 1 saturated heterocycles. The van der Waals surface area contributed by atoms with Gasteiger partial charge in [-0.2, -0.15) is 0 Å². The van der Waals surface area contributed by atoms with Gasteiger partial charge >= 0.3 is 0 Å². The molecule has 1 aliphatic heterocycles. The van der Waals surface area contributed by atoms with Gasteiger partial charge in [0.15, 0.2) is 0 Å². The number of likely N-dealkylation sites (tertiary alicyclic amines) is 1. The van der Waals surface area contributed by atoms with E-state index < -0.39 is 0 Å². The van der Waals surface area contributed by atoms with Gasteiger partial charge in [-0.3, -0.25) is 4.90 Å². The second-order valence-electron chi connectivity index (χ2n) is 5.58. The van der Waals surface area contributed by atoms with Crippen molar-refractivity contribution in [2.45, 2.75) is 65.2 Å². The van der Waals surface area contributed by atoms with E-state index >= 15 is 0 Å². The summed E-state index contributed by atoms with van der Waals surface area (Å²) < 4.78 is 5.88. The van der Waals surface area contributed by atoms with Crippen LogP contribution in [0.15, 0.2) is 16.5 Å². The SMILES string of the molecule is CCC1CCCN1Cc1ccc(CNC(C)C)o1. The van der Waals surface area contributed by atoms with Crippen molar-refractivity contribution >= 4 is 0 Å². The Bertz CT molecular complexity index is 359. The van der Waals surface area contributed by atoms with E-state index in [1.54, 1.807) is 0 Å². The molecule has 2 heterocycles. The van der Waals surface area contributed by atoms with Crippen molar-refractivity contribution in [3.8, 4) is 0 Å². The summed E-state index contributed by atoms with van der Waals surface area (Å²) in [6, 6.07) is 5.48. The van der Waals surface area contributed by atoms with Gasteiger partial charge in [0.05, 0.1) is 13.1 Å². The Labute approximate surface area is 111 Å².